The number of H-pyrrole nitrogens is 1. The summed E-state index contributed by atoms with van der Waals surface area (Å²) in [6, 6.07) is 6.62. The first-order valence-electron chi connectivity index (χ1n) is 5.26. The molecular formula is C10H11ClN4O3S. The number of halogens is 1. The number of hydrogen-bond donors (Lipinski definition) is 2. The number of benzene rings is 1. The van der Waals surface area contributed by atoms with Crippen LogP contribution in [0.2, 0.25) is 5.02 Å². The SMILES string of the molecule is Nc1n[nH]c(S(=O)(=O)CCOc2ccc(Cl)cc2)n1. The van der Waals surface area contributed by atoms with E-state index >= 15 is 0 Å². The highest BCUT2D eigenvalue weighted by atomic mass is 35.5. The molecule has 0 spiro atoms. The second-order valence-electron chi connectivity index (χ2n) is 3.62. The van der Waals surface area contributed by atoms with Crippen LogP contribution >= 0.6 is 11.6 Å². The molecule has 0 atom stereocenters. The molecule has 0 fully saturated rings. The van der Waals surface area contributed by atoms with E-state index in [9.17, 15) is 8.42 Å². The molecule has 2 aromatic rings. The lowest BCUT2D eigenvalue weighted by atomic mass is 10.3. The minimum absolute atomic E-state index is 0.00935. The molecule has 0 aliphatic rings. The number of nitrogen functional groups attached to an aromatic ring is 1. The van der Waals surface area contributed by atoms with Crippen molar-refractivity contribution in [2.75, 3.05) is 18.1 Å². The van der Waals surface area contributed by atoms with E-state index in [1.807, 2.05) is 0 Å². The predicted molar refractivity (Wildman–Crippen MR) is 69.8 cm³/mol. The minimum Gasteiger partial charge on any atom is -0.493 e. The van der Waals surface area contributed by atoms with E-state index in [1.165, 1.54) is 0 Å². The Morgan fingerprint density at radius 2 is 2.00 bits per heavy atom. The van der Waals surface area contributed by atoms with Gasteiger partial charge in [-0.25, -0.2) is 13.5 Å². The van der Waals surface area contributed by atoms with Gasteiger partial charge in [-0.1, -0.05) is 11.6 Å². The summed E-state index contributed by atoms with van der Waals surface area (Å²) >= 11 is 5.72. The number of ether oxygens (including phenoxy) is 1. The lowest BCUT2D eigenvalue weighted by Gasteiger charge is -2.05. The zero-order valence-electron chi connectivity index (χ0n) is 9.71. The minimum atomic E-state index is -3.58. The molecule has 0 aliphatic heterocycles. The molecule has 3 N–H and O–H groups in total. The second-order valence-corrected chi connectivity index (χ2v) is 6.08. The van der Waals surface area contributed by atoms with E-state index in [4.69, 9.17) is 22.1 Å². The summed E-state index contributed by atoms with van der Waals surface area (Å²) < 4.78 is 28.9. The molecule has 0 saturated heterocycles. The molecule has 19 heavy (non-hydrogen) atoms. The number of nitrogens with zero attached hydrogens (tertiary/aromatic N) is 2. The highest BCUT2D eigenvalue weighted by Gasteiger charge is 2.19. The Hall–Kier alpha value is -1.80. The summed E-state index contributed by atoms with van der Waals surface area (Å²) in [5.74, 6) is 0.193. The zero-order valence-corrected chi connectivity index (χ0v) is 11.3. The number of aromatic nitrogens is 3. The highest BCUT2D eigenvalue weighted by molar-refractivity contribution is 7.91. The van der Waals surface area contributed by atoms with Crippen LogP contribution in [0.4, 0.5) is 5.95 Å². The maximum Gasteiger partial charge on any atom is 0.244 e. The van der Waals surface area contributed by atoms with Gasteiger partial charge in [0.2, 0.25) is 20.9 Å². The van der Waals surface area contributed by atoms with Gasteiger partial charge < -0.3 is 10.5 Å². The van der Waals surface area contributed by atoms with Crippen LogP contribution < -0.4 is 10.5 Å². The van der Waals surface area contributed by atoms with Gasteiger partial charge in [-0.05, 0) is 24.3 Å². The first-order valence-corrected chi connectivity index (χ1v) is 7.29. The van der Waals surface area contributed by atoms with Crippen molar-refractivity contribution in [3.63, 3.8) is 0 Å². The van der Waals surface area contributed by atoms with Gasteiger partial charge in [0.15, 0.2) is 0 Å². The fourth-order valence-corrected chi connectivity index (χ4v) is 2.33. The van der Waals surface area contributed by atoms with E-state index < -0.39 is 9.84 Å². The normalized spacial score (nSPS) is 11.4. The van der Waals surface area contributed by atoms with Crippen LogP contribution in [-0.4, -0.2) is 36.0 Å². The first kappa shape index (κ1) is 13.6. The molecule has 9 heteroatoms. The van der Waals surface area contributed by atoms with Gasteiger partial charge in [0.25, 0.3) is 0 Å². The average Bonchev–Trinajstić information content (AvgIpc) is 2.79. The van der Waals surface area contributed by atoms with Crippen molar-refractivity contribution in [2.45, 2.75) is 5.16 Å². The van der Waals surface area contributed by atoms with Crippen LogP contribution in [0.1, 0.15) is 0 Å². The molecule has 102 valence electrons. The number of nitrogens with two attached hydrogens (primary N) is 1. The monoisotopic (exact) mass is 302 g/mol. The van der Waals surface area contributed by atoms with Crippen molar-refractivity contribution in [3.8, 4) is 5.75 Å². The lowest BCUT2D eigenvalue weighted by Crippen LogP contribution is -2.15. The number of aromatic amines is 1. The van der Waals surface area contributed by atoms with E-state index in [1.54, 1.807) is 24.3 Å². The van der Waals surface area contributed by atoms with Crippen molar-refractivity contribution in [1.29, 1.82) is 0 Å². The molecule has 0 radical (unpaired) electrons. The van der Waals surface area contributed by atoms with Crippen LogP contribution in [0.3, 0.4) is 0 Å². The number of sulfone groups is 1. The van der Waals surface area contributed by atoms with Gasteiger partial charge in [-0.3, -0.25) is 0 Å². The molecule has 2 rings (SSSR count). The Balaban J connectivity index is 1.93. The Morgan fingerprint density at radius 3 is 2.58 bits per heavy atom. The maximum absolute atomic E-state index is 11.8. The van der Waals surface area contributed by atoms with Crippen LogP contribution in [0, 0.1) is 0 Å². The molecule has 0 unspecified atom stereocenters. The van der Waals surface area contributed by atoms with E-state index in [0.29, 0.717) is 10.8 Å². The average molecular weight is 303 g/mol. The summed E-state index contributed by atoms with van der Waals surface area (Å²) in [7, 11) is -3.58. The first-order chi connectivity index (χ1) is 8.97. The quantitative estimate of drug-likeness (QED) is 0.848. The van der Waals surface area contributed by atoms with Crippen LogP contribution in [0.15, 0.2) is 29.4 Å². The smallest absolute Gasteiger partial charge is 0.244 e. The van der Waals surface area contributed by atoms with Crippen molar-refractivity contribution < 1.29 is 13.2 Å². The van der Waals surface area contributed by atoms with E-state index in [2.05, 4.69) is 15.2 Å². The van der Waals surface area contributed by atoms with Gasteiger partial charge in [0.05, 0.1) is 5.75 Å². The molecule has 7 nitrogen and oxygen atoms in total. The number of anilines is 1. The van der Waals surface area contributed by atoms with Gasteiger partial charge in [0, 0.05) is 5.02 Å². The van der Waals surface area contributed by atoms with Crippen LogP contribution in [0.25, 0.3) is 0 Å². The highest BCUT2D eigenvalue weighted by Crippen LogP contribution is 2.15. The standard InChI is InChI=1S/C10H11ClN4O3S/c11-7-1-3-8(4-2-7)18-5-6-19(16,17)10-13-9(12)14-15-10/h1-4H,5-6H2,(H3,12,13,14,15). The largest absolute Gasteiger partial charge is 0.493 e. The Labute approximate surface area is 114 Å². The summed E-state index contributed by atoms with van der Waals surface area (Å²) in [5, 5.41) is 6.04. The van der Waals surface area contributed by atoms with Gasteiger partial charge in [0.1, 0.15) is 12.4 Å². The Kier molecular flexibility index (Phi) is 3.91. The van der Waals surface area contributed by atoms with Crippen molar-refractivity contribution in [1.82, 2.24) is 15.2 Å². The molecule has 0 saturated carbocycles. The predicted octanol–water partition coefficient (Wildman–Crippen LogP) is 0.893. The fraction of sp³-hybridized carbons (Fsp3) is 0.200. The topological polar surface area (TPSA) is 111 Å². The molecule has 0 aliphatic carbocycles. The third kappa shape index (κ3) is 3.58. The zero-order chi connectivity index (χ0) is 13.9. The van der Waals surface area contributed by atoms with Crippen LogP contribution in [-0.2, 0) is 9.84 Å². The lowest BCUT2D eigenvalue weighted by molar-refractivity contribution is 0.340. The molecule has 0 bridgehead atoms. The van der Waals surface area contributed by atoms with Crippen LogP contribution in [0.5, 0.6) is 5.75 Å². The molecule has 1 aromatic heterocycles. The number of nitrogens with one attached hydrogen (secondary N) is 1. The summed E-state index contributed by atoms with van der Waals surface area (Å²) in [6.07, 6.45) is 0. The van der Waals surface area contributed by atoms with Crippen molar-refractivity contribution >= 4 is 27.4 Å². The Morgan fingerprint density at radius 1 is 1.32 bits per heavy atom. The second kappa shape index (κ2) is 5.45. The molecular weight excluding hydrogens is 292 g/mol. The molecule has 0 amide bonds. The van der Waals surface area contributed by atoms with E-state index in [0.717, 1.165) is 0 Å². The maximum atomic E-state index is 11.8. The third-order valence-electron chi connectivity index (χ3n) is 2.21. The third-order valence-corrected chi connectivity index (χ3v) is 3.94. The number of rotatable bonds is 5. The summed E-state index contributed by atoms with van der Waals surface area (Å²) in [5.41, 5.74) is 5.25. The van der Waals surface area contributed by atoms with Gasteiger partial charge >= 0.3 is 0 Å². The van der Waals surface area contributed by atoms with E-state index in [-0.39, 0.29) is 23.5 Å². The van der Waals surface area contributed by atoms with Gasteiger partial charge in [-0.2, -0.15) is 4.98 Å². The van der Waals surface area contributed by atoms with Gasteiger partial charge in [-0.15, -0.1) is 5.10 Å². The number of hydrogen-bond acceptors (Lipinski definition) is 6. The Bertz CT molecular complexity index is 654. The molecule has 1 heterocycles. The molecule has 1 aromatic carbocycles. The van der Waals surface area contributed by atoms with Crippen molar-refractivity contribution in [3.05, 3.63) is 29.3 Å². The fourth-order valence-electron chi connectivity index (χ4n) is 1.29. The van der Waals surface area contributed by atoms with Crippen molar-refractivity contribution in [2.24, 2.45) is 0 Å². The summed E-state index contributed by atoms with van der Waals surface area (Å²) in [4.78, 5) is 3.57. The summed E-state index contributed by atoms with van der Waals surface area (Å²) in [6.45, 7) is -0.00935.